The van der Waals surface area contributed by atoms with Gasteiger partial charge >= 0.3 is 5.97 Å². The van der Waals surface area contributed by atoms with E-state index < -0.39 is 42.2 Å². The maximum Gasteiger partial charge on any atom is 0.305 e. The predicted octanol–water partition coefficient (Wildman–Crippen LogP) is -0.291. The summed E-state index contributed by atoms with van der Waals surface area (Å²) in [6, 6.07) is 5.77. The highest BCUT2D eigenvalue weighted by Gasteiger charge is 2.35. The van der Waals surface area contributed by atoms with Gasteiger partial charge in [0.25, 0.3) is 0 Å². The van der Waals surface area contributed by atoms with Crippen LogP contribution in [0.25, 0.3) is 10.9 Å². The molecule has 14 nitrogen and oxygen atoms in total. The molecule has 2 fully saturated rings. The van der Waals surface area contributed by atoms with Gasteiger partial charge in [-0.05, 0) is 56.3 Å². The van der Waals surface area contributed by atoms with Gasteiger partial charge in [0.15, 0.2) is 5.84 Å². The van der Waals surface area contributed by atoms with Gasteiger partial charge in [0.2, 0.25) is 17.7 Å². The first-order valence-corrected chi connectivity index (χ1v) is 14.6. The van der Waals surface area contributed by atoms with E-state index in [4.69, 9.17) is 0 Å². The Morgan fingerprint density at radius 1 is 1.12 bits per heavy atom. The fraction of sp³-hybridized carbons (Fsp3) is 0.536. The van der Waals surface area contributed by atoms with Gasteiger partial charge < -0.3 is 30.9 Å². The van der Waals surface area contributed by atoms with Crippen LogP contribution in [-0.2, 0) is 25.6 Å². The quantitative estimate of drug-likeness (QED) is 0.157. The Hall–Kier alpha value is -4.17. The highest BCUT2D eigenvalue weighted by atomic mass is 16.4. The zero-order chi connectivity index (χ0) is 29.5. The van der Waals surface area contributed by atoms with Crippen molar-refractivity contribution in [2.24, 2.45) is 16.9 Å². The van der Waals surface area contributed by atoms with Crippen LogP contribution < -0.4 is 32.4 Å². The molecule has 3 amide bonds. The molecule has 0 aliphatic carbocycles. The molecule has 2 saturated heterocycles. The van der Waals surface area contributed by atoms with Crippen molar-refractivity contribution in [2.45, 2.75) is 57.0 Å². The number of piperidine rings is 1. The molecule has 8 N–H and O–H groups in total. The lowest BCUT2D eigenvalue weighted by atomic mass is 9.94. The largest absolute Gasteiger partial charge is 0.481 e. The maximum absolute atomic E-state index is 13.4. The second-order valence-electron chi connectivity index (χ2n) is 11.2. The number of H-pyrrole nitrogens is 1. The molecule has 3 atom stereocenters. The Morgan fingerprint density at radius 3 is 2.69 bits per heavy atom. The molecule has 5 rings (SSSR count). The number of nitrogens with zero attached hydrogens (tertiary/aromatic N) is 2. The van der Waals surface area contributed by atoms with Crippen LogP contribution in [0.15, 0.2) is 35.6 Å². The number of carboxylic acids is 1. The Kier molecular flexibility index (Phi) is 9.54. The molecule has 1 aromatic carbocycles. The fourth-order valence-electron chi connectivity index (χ4n) is 5.97. The van der Waals surface area contributed by atoms with Crippen molar-refractivity contribution in [3.8, 4) is 0 Å². The van der Waals surface area contributed by atoms with E-state index in [9.17, 15) is 24.3 Å². The summed E-state index contributed by atoms with van der Waals surface area (Å²) in [6.07, 6.45) is 5.25. The van der Waals surface area contributed by atoms with E-state index in [0.29, 0.717) is 37.7 Å². The highest BCUT2D eigenvalue weighted by Crippen LogP contribution is 2.24. The van der Waals surface area contributed by atoms with Crippen LogP contribution in [0.2, 0.25) is 0 Å². The lowest BCUT2D eigenvalue weighted by Crippen LogP contribution is -2.55. The van der Waals surface area contributed by atoms with Crippen LogP contribution >= 0.6 is 0 Å². The Morgan fingerprint density at radius 2 is 1.93 bits per heavy atom. The zero-order valence-electron chi connectivity index (χ0n) is 23.4. The number of benzene rings is 1. The summed E-state index contributed by atoms with van der Waals surface area (Å²) in [7, 11) is 0. The number of carbonyl (C=O) groups is 4. The normalized spacial score (nSPS) is 20.5. The zero-order valence-corrected chi connectivity index (χ0v) is 23.4. The van der Waals surface area contributed by atoms with Crippen molar-refractivity contribution in [1.29, 1.82) is 0 Å². The number of fused-ring (bicyclic) bond motifs is 1. The number of hydrazine groups is 2. The summed E-state index contributed by atoms with van der Waals surface area (Å²) >= 11 is 0. The second kappa shape index (κ2) is 13.7. The van der Waals surface area contributed by atoms with Crippen molar-refractivity contribution in [2.75, 3.05) is 26.2 Å². The van der Waals surface area contributed by atoms with E-state index in [1.54, 1.807) is 0 Å². The van der Waals surface area contributed by atoms with Gasteiger partial charge in [0, 0.05) is 48.9 Å². The van der Waals surface area contributed by atoms with E-state index in [1.807, 2.05) is 35.4 Å². The van der Waals surface area contributed by atoms with Gasteiger partial charge in [-0.2, -0.15) is 0 Å². The number of rotatable bonds is 13. The standard InChI is InChI=1S/C28H39N9O5/c38-24(14-18-8-12-37(28(18)42)11-7-17-5-9-29-10-6-17)31-23(15-25(39)40)27(41)32-22(26-33-35-36-34-26)13-19-16-30-21-4-2-1-3-20(19)21/h1-4,16-18,22-23,29-30,35-36H,5-15H2,(H,31,38)(H,32,41)(H,33,34)(H,39,40)/t18-,22?,23+/m1/s1. The lowest BCUT2D eigenvalue weighted by molar-refractivity contribution is -0.141. The lowest BCUT2D eigenvalue weighted by Gasteiger charge is -2.25. The number of carbonyl (C=O) groups excluding carboxylic acids is 3. The van der Waals surface area contributed by atoms with Gasteiger partial charge in [0.1, 0.15) is 6.04 Å². The summed E-state index contributed by atoms with van der Waals surface area (Å²) in [5, 5.41) is 23.4. The monoisotopic (exact) mass is 581 g/mol. The molecule has 0 spiro atoms. The molecule has 226 valence electrons. The molecule has 14 heteroatoms. The summed E-state index contributed by atoms with van der Waals surface area (Å²) in [5.41, 5.74) is 9.94. The number of hydrogen-bond acceptors (Lipinski definition) is 9. The van der Waals surface area contributed by atoms with Crippen molar-refractivity contribution < 1.29 is 24.3 Å². The maximum atomic E-state index is 13.4. The molecule has 1 aromatic heterocycles. The first-order chi connectivity index (χ1) is 20.4. The van der Waals surface area contributed by atoms with Gasteiger partial charge in [0.05, 0.1) is 12.5 Å². The molecule has 42 heavy (non-hydrogen) atoms. The number of para-hydroxylation sites is 1. The number of hydrazone groups is 1. The molecule has 3 aliphatic heterocycles. The number of nitrogens with one attached hydrogen (secondary N) is 7. The number of aromatic nitrogens is 1. The molecule has 2 aromatic rings. The van der Waals surface area contributed by atoms with Gasteiger partial charge in [-0.25, -0.2) is 5.53 Å². The van der Waals surface area contributed by atoms with Gasteiger partial charge in [-0.1, -0.05) is 18.2 Å². The van der Waals surface area contributed by atoms with E-state index in [2.05, 4.69) is 42.5 Å². The summed E-state index contributed by atoms with van der Waals surface area (Å²) in [4.78, 5) is 56.0. The number of carboxylic acid groups (broad SMARTS) is 1. The summed E-state index contributed by atoms with van der Waals surface area (Å²) in [5.74, 6) is -1.94. The predicted molar refractivity (Wildman–Crippen MR) is 154 cm³/mol. The van der Waals surface area contributed by atoms with Crippen molar-refractivity contribution >= 4 is 40.4 Å². The highest BCUT2D eigenvalue weighted by molar-refractivity contribution is 5.97. The summed E-state index contributed by atoms with van der Waals surface area (Å²) < 4.78 is 0. The Labute approximate surface area is 243 Å². The van der Waals surface area contributed by atoms with Crippen molar-refractivity contribution in [1.82, 2.24) is 42.3 Å². The van der Waals surface area contributed by atoms with Crippen LogP contribution in [-0.4, -0.2) is 82.8 Å². The minimum absolute atomic E-state index is 0.0533. The molecular weight excluding hydrogens is 542 g/mol. The number of hydrogen-bond donors (Lipinski definition) is 8. The smallest absolute Gasteiger partial charge is 0.305 e. The second-order valence-corrected chi connectivity index (χ2v) is 11.2. The number of aromatic amines is 1. The Balaban J connectivity index is 1.18. The molecule has 0 radical (unpaired) electrons. The topological polar surface area (TPSA) is 192 Å². The van der Waals surface area contributed by atoms with Crippen molar-refractivity contribution in [3.63, 3.8) is 0 Å². The third-order valence-corrected chi connectivity index (χ3v) is 8.30. The van der Waals surface area contributed by atoms with Crippen LogP contribution in [0.4, 0.5) is 0 Å². The summed E-state index contributed by atoms with van der Waals surface area (Å²) in [6.45, 7) is 3.31. The van der Waals surface area contributed by atoms with Crippen LogP contribution in [0.3, 0.4) is 0 Å². The number of aliphatic carboxylic acids is 1. The molecular formula is C28H39N9O5. The fourth-order valence-corrected chi connectivity index (χ4v) is 5.97. The minimum Gasteiger partial charge on any atom is -0.481 e. The minimum atomic E-state index is -1.32. The third-order valence-electron chi connectivity index (χ3n) is 8.30. The van der Waals surface area contributed by atoms with E-state index >= 15 is 0 Å². The van der Waals surface area contributed by atoms with Crippen LogP contribution in [0.5, 0.6) is 0 Å². The first kappa shape index (κ1) is 29.3. The van der Waals surface area contributed by atoms with Gasteiger partial charge in [-0.3, -0.25) is 24.6 Å². The molecule has 1 unspecified atom stereocenters. The SMILES string of the molecule is O=C(O)C[C@H](NC(=O)C[C@H]1CCN(CCC2CCNCC2)C1=O)C(=O)NC(Cc1c[nH]c2ccccc12)C1=NNNN1. The average molecular weight is 582 g/mol. The van der Waals surface area contributed by atoms with Gasteiger partial charge in [-0.15, -0.1) is 10.6 Å². The Bertz CT molecular complexity index is 1320. The first-order valence-electron chi connectivity index (χ1n) is 14.6. The number of likely N-dealkylation sites (tertiary alicyclic amines) is 1. The number of amides is 3. The van der Waals surface area contributed by atoms with Crippen LogP contribution in [0, 0.1) is 11.8 Å². The molecule has 0 bridgehead atoms. The number of amidine groups is 1. The van der Waals surface area contributed by atoms with Crippen LogP contribution in [0.1, 0.15) is 44.1 Å². The van der Waals surface area contributed by atoms with E-state index in [-0.39, 0.29) is 12.3 Å². The molecule has 3 aliphatic rings. The van der Waals surface area contributed by atoms with E-state index in [0.717, 1.165) is 48.8 Å². The van der Waals surface area contributed by atoms with E-state index in [1.165, 1.54) is 0 Å². The molecule has 0 saturated carbocycles. The average Bonchev–Trinajstić information content (AvgIpc) is 3.73. The third kappa shape index (κ3) is 7.36. The molecule has 4 heterocycles. The van der Waals surface area contributed by atoms with Crippen molar-refractivity contribution in [3.05, 3.63) is 36.0 Å².